The van der Waals surface area contributed by atoms with Crippen LogP contribution in [0, 0.1) is 0 Å². The van der Waals surface area contributed by atoms with Gasteiger partial charge in [-0.2, -0.15) is 0 Å². The summed E-state index contributed by atoms with van der Waals surface area (Å²) in [5.41, 5.74) is 1.04. The molecule has 0 saturated carbocycles. The molecule has 0 radical (unpaired) electrons. The quantitative estimate of drug-likeness (QED) is 0.856. The maximum absolute atomic E-state index is 6.04. The van der Waals surface area contributed by atoms with Crippen LogP contribution in [0.5, 0.6) is 11.5 Å². The fourth-order valence-electron chi connectivity index (χ4n) is 1.98. The van der Waals surface area contributed by atoms with E-state index in [-0.39, 0.29) is 6.04 Å². The third kappa shape index (κ3) is 4.27. The summed E-state index contributed by atoms with van der Waals surface area (Å²) in [5.74, 6) is 1.39. The lowest BCUT2D eigenvalue weighted by molar-refractivity contribution is 0.273. The molecule has 2 rings (SSSR count). The molecule has 0 spiro atoms. The normalized spacial score (nSPS) is 12.0. The average Bonchev–Trinajstić information content (AvgIpc) is 2.49. The lowest BCUT2D eigenvalue weighted by atomic mass is 10.1. The van der Waals surface area contributed by atoms with Gasteiger partial charge in [-0.15, -0.1) is 0 Å². The molecule has 0 amide bonds. The highest BCUT2D eigenvalue weighted by atomic mass is 35.5. The zero-order valence-electron chi connectivity index (χ0n) is 11.9. The summed E-state index contributed by atoms with van der Waals surface area (Å²) in [6.45, 7) is 0.474. The largest absolute Gasteiger partial charge is 0.495 e. The lowest BCUT2D eigenvalue weighted by Gasteiger charge is -2.18. The predicted molar refractivity (Wildman–Crippen MR) is 86.8 cm³/mol. The molecule has 0 aliphatic carbocycles. The van der Waals surface area contributed by atoms with Crippen molar-refractivity contribution in [3.8, 4) is 11.5 Å². The van der Waals surface area contributed by atoms with Gasteiger partial charge in [0.1, 0.15) is 18.1 Å². The van der Waals surface area contributed by atoms with E-state index in [0.717, 1.165) is 11.3 Å². The molecule has 1 N–H and O–H groups in total. The third-order valence-corrected chi connectivity index (χ3v) is 3.69. The summed E-state index contributed by atoms with van der Waals surface area (Å²) < 4.78 is 11.0. The van der Waals surface area contributed by atoms with Crippen molar-refractivity contribution in [2.24, 2.45) is 0 Å². The van der Waals surface area contributed by atoms with Gasteiger partial charge < -0.3 is 14.8 Å². The van der Waals surface area contributed by atoms with Crippen LogP contribution in [0.25, 0.3) is 0 Å². The van der Waals surface area contributed by atoms with Crippen LogP contribution in [0.3, 0.4) is 0 Å². The van der Waals surface area contributed by atoms with Gasteiger partial charge in [0.15, 0.2) is 0 Å². The smallest absolute Gasteiger partial charge is 0.137 e. The van der Waals surface area contributed by atoms with Crippen LogP contribution < -0.4 is 14.8 Å². The Morgan fingerprint density at radius 2 is 1.95 bits per heavy atom. The number of methoxy groups -OCH3 is 1. The lowest BCUT2D eigenvalue weighted by Crippen LogP contribution is -2.23. The number of hydrogen-bond acceptors (Lipinski definition) is 3. The highest BCUT2D eigenvalue weighted by Gasteiger charge is 2.13. The van der Waals surface area contributed by atoms with Crippen molar-refractivity contribution >= 4 is 23.2 Å². The number of benzene rings is 2. The molecule has 0 fully saturated rings. The number of likely N-dealkylation sites (N-methyl/N-ethyl adjacent to an activating group) is 1. The Hall–Kier alpha value is -1.42. The van der Waals surface area contributed by atoms with E-state index >= 15 is 0 Å². The molecule has 112 valence electrons. The molecule has 2 aromatic carbocycles. The molecule has 2 aromatic rings. The highest BCUT2D eigenvalue weighted by Crippen LogP contribution is 2.28. The van der Waals surface area contributed by atoms with Gasteiger partial charge in [-0.05, 0) is 42.9 Å². The van der Waals surface area contributed by atoms with Gasteiger partial charge in [0, 0.05) is 5.02 Å². The molecule has 0 saturated heterocycles. The van der Waals surface area contributed by atoms with Crippen LogP contribution in [0.4, 0.5) is 0 Å². The first-order valence-corrected chi connectivity index (χ1v) is 7.28. The SMILES string of the molecule is CNC(COc1cccc(Cl)c1)c1ccc(Cl)c(OC)c1. The minimum absolute atomic E-state index is 0.0233. The monoisotopic (exact) mass is 325 g/mol. The first kappa shape index (κ1) is 16.0. The van der Waals surface area contributed by atoms with Gasteiger partial charge in [-0.3, -0.25) is 0 Å². The molecule has 3 nitrogen and oxygen atoms in total. The van der Waals surface area contributed by atoms with Crippen LogP contribution in [-0.4, -0.2) is 20.8 Å². The molecular weight excluding hydrogens is 309 g/mol. The number of halogens is 2. The molecule has 21 heavy (non-hydrogen) atoms. The van der Waals surface area contributed by atoms with Crippen molar-refractivity contribution < 1.29 is 9.47 Å². The summed E-state index contributed by atoms with van der Waals surface area (Å²) >= 11 is 12.0. The molecule has 1 atom stereocenters. The molecule has 5 heteroatoms. The third-order valence-electron chi connectivity index (χ3n) is 3.14. The summed E-state index contributed by atoms with van der Waals surface area (Å²) in [7, 11) is 3.48. The van der Waals surface area contributed by atoms with Crippen LogP contribution in [0.2, 0.25) is 10.0 Å². The van der Waals surface area contributed by atoms with E-state index in [0.29, 0.717) is 22.4 Å². The van der Waals surface area contributed by atoms with E-state index in [1.807, 2.05) is 43.4 Å². The van der Waals surface area contributed by atoms with Gasteiger partial charge in [0.25, 0.3) is 0 Å². The van der Waals surface area contributed by atoms with E-state index in [9.17, 15) is 0 Å². The van der Waals surface area contributed by atoms with Crippen molar-refractivity contribution in [2.75, 3.05) is 20.8 Å². The van der Waals surface area contributed by atoms with E-state index in [1.165, 1.54) is 0 Å². The minimum Gasteiger partial charge on any atom is -0.495 e. The second-order valence-electron chi connectivity index (χ2n) is 4.50. The summed E-state index contributed by atoms with van der Waals surface area (Å²) in [6, 6.07) is 13.0. The van der Waals surface area contributed by atoms with Crippen LogP contribution in [0.15, 0.2) is 42.5 Å². The van der Waals surface area contributed by atoms with Crippen LogP contribution in [-0.2, 0) is 0 Å². The van der Waals surface area contributed by atoms with Gasteiger partial charge in [0.2, 0.25) is 0 Å². The van der Waals surface area contributed by atoms with Crippen molar-refractivity contribution in [3.05, 3.63) is 58.1 Å². The molecule has 0 aliphatic rings. The van der Waals surface area contributed by atoms with E-state index < -0.39 is 0 Å². The maximum atomic E-state index is 6.04. The second kappa shape index (κ2) is 7.55. The van der Waals surface area contributed by atoms with Crippen molar-refractivity contribution in [1.29, 1.82) is 0 Å². The van der Waals surface area contributed by atoms with Gasteiger partial charge in [-0.1, -0.05) is 35.3 Å². The minimum atomic E-state index is 0.0233. The van der Waals surface area contributed by atoms with Crippen molar-refractivity contribution in [1.82, 2.24) is 5.32 Å². The molecular formula is C16H17Cl2NO2. The Morgan fingerprint density at radius 3 is 2.62 bits per heavy atom. The molecule has 1 unspecified atom stereocenters. The Labute approximate surface area is 134 Å². The fraction of sp³-hybridized carbons (Fsp3) is 0.250. The molecule has 0 heterocycles. The number of ether oxygens (including phenoxy) is 2. The Kier molecular flexibility index (Phi) is 5.74. The zero-order valence-corrected chi connectivity index (χ0v) is 13.4. The van der Waals surface area contributed by atoms with Crippen LogP contribution in [0.1, 0.15) is 11.6 Å². The summed E-state index contributed by atoms with van der Waals surface area (Å²) in [5, 5.41) is 4.46. The standard InChI is InChI=1S/C16H17Cl2NO2/c1-19-15(10-21-13-5-3-4-12(17)9-13)11-6-7-14(18)16(8-11)20-2/h3-9,15,19H,10H2,1-2H3. The van der Waals surface area contributed by atoms with E-state index in [4.69, 9.17) is 32.7 Å². The summed E-state index contributed by atoms with van der Waals surface area (Å²) in [6.07, 6.45) is 0. The van der Waals surface area contributed by atoms with E-state index in [1.54, 1.807) is 13.2 Å². The molecule has 0 bridgehead atoms. The van der Waals surface area contributed by atoms with E-state index in [2.05, 4.69) is 5.32 Å². The van der Waals surface area contributed by atoms with Gasteiger partial charge >= 0.3 is 0 Å². The first-order valence-electron chi connectivity index (χ1n) is 6.53. The van der Waals surface area contributed by atoms with Crippen molar-refractivity contribution in [2.45, 2.75) is 6.04 Å². The predicted octanol–water partition coefficient (Wildman–Crippen LogP) is 4.34. The molecule has 0 aromatic heterocycles. The van der Waals surface area contributed by atoms with Crippen LogP contribution >= 0.6 is 23.2 Å². The number of hydrogen-bond donors (Lipinski definition) is 1. The topological polar surface area (TPSA) is 30.5 Å². The first-order chi connectivity index (χ1) is 10.1. The summed E-state index contributed by atoms with van der Waals surface area (Å²) in [4.78, 5) is 0. The average molecular weight is 326 g/mol. The zero-order chi connectivity index (χ0) is 15.2. The Bertz CT molecular complexity index is 605. The maximum Gasteiger partial charge on any atom is 0.137 e. The Balaban J connectivity index is 2.09. The van der Waals surface area contributed by atoms with Crippen molar-refractivity contribution in [3.63, 3.8) is 0 Å². The Morgan fingerprint density at radius 1 is 1.14 bits per heavy atom. The van der Waals surface area contributed by atoms with Gasteiger partial charge in [0.05, 0.1) is 18.2 Å². The van der Waals surface area contributed by atoms with Gasteiger partial charge in [-0.25, -0.2) is 0 Å². The highest BCUT2D eigenvalue weighted by molar-refractivity contribution is 6.32. The number of rotatable bonds is 6. The number of nitrogens with one attached hydrogen (secondary N) is 1. The molecule has 0 aliphatic heterocycles. The second-order valence-corrected chi connectivity index (χ2v) is 5.35. The fourth-order valence-corrected chi connectivity index (χ4v) is 2.35.